The quantitative estimate of drug-likeness (QED) is 0.828. The highest BCUT2D eigenvalue weighted by atomic mass is 35.5. The zero-order valence-electron chi connectivity index (χ0n) is 9.36. The molecule has 1 aromatic carbocycles. The summed E-state index contributed by atoms with van der Waals surface area (Å²) in [6, 6.07) is 10.2. The molecule has 0 radical (unpaired) electrons. The van der Waals surface area contributed by atoms with Crippen LogP contribution in [0.25, 0.3) is 0 Å². The first-order valence-corrected chi connectivity index (χ1v) is 6.15. The van der Waals surface area contributed by atoms with Crippen LogP contribution < -0.4 is 5.32 Å². The average Bonchev–Trinajstić information content (AvgIpc) is 2.39. The monoisotopic (exact) mass is 244 g/mol. The predicted octanol–water partition coefficient (Wildman–Crippen LogP) is 3.68. The molecule has 1 N–H and O–H groups in total. The van der Waals surface area contributed by atoms with Gasteiger partial charge in [-0.1, -0.05) is 23.7 Å². The second-order valence-electron chi connectivity index (χ2n) is 4.29. The fourth-order valence-corrected chi connectivity index (χ4v) is 2.59. The number of pyridine rings is 1. The number of rotatable bonds is 1. The molecule has 0 saturated carbocycles. The van der Waals surface area contributed by atoms with E-state index in [1.54, 1.807) is 0 Å². The van der Waals surface area contributed by atoms with Crippen molar-refractivity contribution in [2.24, 2.45) is 0 Å². The molecule has 0 amide bonds. The lowest BCUT2D eigenvalue weighted by atomic mass is 9.86. The molecule has 2 heterocycles. The van der Waals surface area contributed by atoms with E-state index in [0.717, 1.165) is 23.7 Å². The average molecular weight is 245 g/mol. The van der Waals surface area contributed by atoms with E-state index < -0.39 is 0 Å². The summed E-state index contributed by atoms with van der Waals surface area (Å²) in [5.41, 5.74) is 3.74. The van der Waals surface area contributed by atoms with E-state index in [0.29, 0.717) is 5.92 Å². The maximum atomic E-state index is 6.02. The zero-order chi connectivity index (χ0) is 11.7. The first kappa shape index (κ1) is 10.6. The number of halogens is 1. The van der Waals surface area contributed by atoms with Crippen molar-refractivity contribution in [2.45, 2.75) is 12.3 Å². The second kappa shape index (κ2) is 4.38. The van der Waals surface area contributed by atoms with Crippen LogP contribution in [0.2, 0.25) is 5.02 Å². The molecule has 2 aromatic rings. The topological polar surface area (TPSA) is 24.9 Å². The maximum absolute atomic E-state index is 6.02. The van der Waals surface area contributed by atoms with Crippen LogP contribution in [-0.2, 0) is 0 Å². The van der Waals surface area contributed by atoms with Crippen LogP contribution in [0.4, 0.5) is 5.69 Å². The van der Waals surface area contributed by atoms with E-state index in [4.69, 9.17) is 11.6 Å². The number of aromatic nitrogens is 1. The van der Waals surface area contributed by atoms with Crippen LogP contribution in [0.5, 0.6) is 0 Å². The van der Waals surface area contributed by atoms with Crippen LogP contribution in [0.15, 0.2) is 42.7 Å². The summed E-state index contributed by atoms with van der Waals surface area (Å²) in [6.45, 7) is 0.979. The Morgan fingerprint density at radius 1 is 1.29 bits per heavy atom. The minimum absolute atomic E-state index is 0.428. The molecule has 3 heteroatoms. The number of anilines is 1. The second-order valence-corrected chi connectivity index (χ2v) is 4.72. The van der Waals surface area contributed by atoms with Crippen molar-refractivity contribution in [3.63, 3.8) is 0 Å². The van der Waals surface area contributed by atoms with Crippen molar-refractivity contribution in [1.82, 2.24) is 4.98 Å². The highest BCUT2D eigenvalue weighted by Gasteiger charge is 2.21. The minimum atomic E-state index is 0.428. The number of hydrogen-bond acceptors (Lipinski definition) is 2. The Balaban J connectivity index is 2.06. The van der Waals surface area contributed by atoms with Crippen molar-refractivity contribution in [3.05, 3.63) is 58.9 Å². The number of hydrogen-bond donors (Lipinski definition) is 1. The molecule has 1 unspecified atom stereocenters. The summed E-state index contributed by atoms with van der Waals surface area (Å²) >= 11 is 6.02. The normalized spacial score (nSPS) is 18.3. The van der Waals surface area contributed by atoms with Gasteiger partial charge >= 0.3 is 0 Å². The molecule has 86 valence electrons. The van der Waals surface area contributed by atoms with E-state index in [1.165, 1.54) is 11.1 Å². The van der Waals surface area contributed by atoms with Crippen molar-refractivity contribution in [1.29, 1.82) is 0 Å². The molecule has 0 spiro atoms. The predicted molar refractivity (Wildman–Crippen MR) is 70.6 cm³/mol. The van der Waals surface area contributed by atoms with Gasteiger partial charge in [0.2, 0.25) is 0 Å². The van der Waals surface area contributed by atoms with Crippen LogP contribution in [0.3, 0.4) is 0 Å². The lowest BCUT2D eigenvalue weighted by Crippen LogP contribution is -2.17. The van der Waals surface area contributed by atoms with E-state index in [2.05, 4.69) is 22.4 Å². The molecule has 1 aromatic heterocycles. The van der Waals surface area contributed by atoms with Gasteiger partial charge in [-0.15, -0.1) is 0 Å². The molecule has 3 rings (SSSR count). The highest BCUT2D eigenvalue weighted by Crippen LogP contribution is 2.37. The van der Waals surface area contributed by atoms with E-state index in [1.807, 2.05) is 30.6 Å². The van der Waals surface area contributed by atoms with Gasteiger partial charge in [0.1, 0.15) is 0 Å². The van der Waals surface area contributed by atoms with Crippen LogP contribution in [-0.4, -0.2) is 11.5 Å². The largest absolute Gasteiger partial charge is 0.385 e. The lowest BCUT2D eigenvalue weighted by molar-refractivity contribution is 0.717. The molecule has 1 atom stereocenters. The Morgan fingerprint density at radius 3 is 3.06 bits per heavy atom. The first-order valence-electron chi connectivity index (χ1n) is 5.78. The van der Waals surface area contributed by atoms with Crippen LogP contribution >= 0.6 is 11.6 Å². The summed E-state index contributed by atoms with van der Waals surface area (Å²) < 4.78 is 0. The number of nitrogens with zero attached hydrogens (tertiary/aromatic N) is 1. The summed E-state index contributed by atoms with van der Waals surface area (Å²) in [5, 5.41) is 4.18. The minimum Gasteiger partial charge on any atom is -0.385 e. The fourth-order valence-electron chi connectivity index (χ4n) is 2.42. The van der Waals surface area contributed by atoms with Gasteiger partial charge in [0.15, 0.2) is 0 Å². The molecule has 0 fully saturated rings. The van der Waals surface area contributed by atoms with E-state index >= 15 is 0 Å². The molecule has 1 aliphatic heterocycles. The summed E-state index contributed by atoms with van der Waals surface area (Å²) in [5.74, 6) is 0.428. The van der Waals surface area contributed by atoms with Gasteiger partial charge in [-0.05, 0) is 35.7 Å². The van der Waals surface area contributed by atoms with Crippen molar-refractivity contribution >= 4 is 17.3 Å². The van der Waals surface area contributed by atoms with Crippen molar-refractivity contribution < 1.29 is 0 Å². The van der Waals surface area contributed by atoms with Gasteiger partial charge < -0.3 is 5.32 Å². The van der Waals surface area contributed by atoms with Gasteiger partial charge in [0, 0.05) is 35.6 Å². The Hall–Kier alpha value is -1.54. The third-order valence-electron chi connectivity index (χ3n) is 3.23. The third-order valence-corrected chi connectivity index (χ3v) is 3.46. The smallest absolute Gasteiger partial charge is 0.0426 e. The molecular weight excluding hydrogens is 232 g/mol. The Bertz CT molecular complexity index is 525. The molecule has 0 bridgehead atoms. The Labute approximate surface area is 106 Å². The highest BCUT2D eigenvalue weighted by molar-refractivity contribution is 6.30. The van der Waals surface area contributed by atoms with Crippen LogP contribution in [0, 0.1) is 0 Å². The molecule has 0 saturated heterocycles. The molecule has 1 aliphatic rings. The number of fused-ring (bicyclic) bond motifs is 1. The van der Waals surface area contributed by atoms with Gasteiger partial charge in [-0.3, -0.25) is 4.98 Å². The standard InChI is InChI=1S/C14H13ClN2/c15-11-3-4-13-12(5-7-17-14(13)8-11)10-2-1-6-16-9-10/h1-4,6,8-9,12,17H,5,7H2. The van der Waals surface area contributed by atoms with E-state index in [-0.39, 0.29) is 0 Å². The third kappa shape index (κ3) is 2.01. The molecule has 2 nitrogen and oxygen atoms in total. The molecule has 0 aliphatic carbocycles. The lowest BCUT2D eigenvalue weighted by Gasteiger charge is -2.27. The Morgan fingerprint density at radius 2 is 2.24 bits per heavy atom. The van der Waals surface area contributed by atoms with Crippen molar-refractivity contribution in [2.75, 3.05) is 11.9 Å². The first-order chi connectivity index (χ1) is 8.34. The SMILES string of the molecule is Clc1ccc2c(c1)NCCC2c1cccnc1. The zero-order valence-corrected chi connectivity index (χ0v) is 10.1. The van der Waals surface area contributed by atoms with Crippen LogP contribution in [0.1, 0.15) is 23.5 Å². The molecule has 17 heavy (non-hydrogen) atoms. The summed E-state index contributed by atoms with van der Waals surface area (Å²) in [6.07, 6.45) is 4.86. The van der Waals surface area contributed by atoms with Gasteiger partial charge in [0.05, 0.1) is 0 Å². The van der Waals surface area contributed by atoms with E-state index in [9.17, 15) is 0 Å². The number of nitrogens with one attached hydrogen (secondary N) is 1. The fraction of sp³-hybridized carbons (Fsp3) is 0.214. The Kier molecular flexibility index (Phi) is 2.73. The molecular formula is C14H13ClN2. The van der Waals surface area contributed by atoms with Crippen molar-refractivity contribution in [3.8, 4) is 0 Å². The maximum Gasteiger partial charge on any atom is 0.0426 e. The summed E-state index contributed by atoms with van der Waals surface area (Å²) in [4.78, 5) is 4.20. The van der Waals surface area contributed by atoms with Gasteiger partial charge in [-0.25, -0.2) is 0 Å². The van der Waals surface area contributed by atoms with Gasteiger partial charge in [0.25, 0.3) is 0 Å². The van der Waals surface area contributed by atoms with Gasteiger partial charge in [-0.2, -0.15) is 0 Å². The summed E-state index contributed by atoms with van der Waals surface area (Å²) in [7, 11) is 0. The number of benzene rings is 1.